The average Bonchev–Trinajstić information content (AvgIpc) is 2.86. The first-order chi connectivity index (χ1) is 8.30. The maximum Gasteiger partial charge on any atom is 0.170 e. The van der Waals surface area contributed by atoms with Gasteiger partial charge in [0, 0.05) is 17.8 Å². The molecule has 5 heteroatoms. The normalized spacial score (nSPS) is 10.3. The van der Waals surface area contributed by atoms with Crippen LogP contribution < -0.4 is 15.2 Å². The maximum atomic E-state index is 5.54. The van der Waals surface area contributed by atoms with E-state index < -0.39 is 0 Å². The van der Waals surface area contributed by atoms with Crippen LogP contribution in [0.3, 0.4) is 0 Å². The second-order valence-electron chi connectivity index (χ2n) is 3.52. The number of ether oxygens (including phenoxy) is 2. The molecule has 0 atom stereocenters. The molecule has 0 bridgehead atoms. The van der Waals surface area contributed by atoms with E-state index in [-0.39, 0.29) is 0 Å². The lowest BCUT2D eigenvalue weighted by molar-refractivity contribution is 0.356. The summed E-state index contributed by atoms with van der Waals surface area (Å²) >= 11 is 0. The summed E-state index contributed by atoms with van der Waals surface area (Å²) in [7, 11) is 3.22. The number of nitrogens with zero attached hydrogens (tertiary/aromatic N) is 1. The fourth-order valence-corrected chi connectivity index (χ4v) is 1.69. The molecule has 3 N–H and O–H groups in total. The Labute approximate surface area is 99.5 Å². The van der Waals surface area contributed by atoms with Gasteiger partial charge in [-0.2, -0.15) is 5.10 Å². The summed E-state index contributed by atoms with van der Waals surface area (Å²) in [5.41, 5.74) is 8.09. The van der Waals surface area contributed by atoms with Crippen molar-refractivity contribution in [3.05, 3.63) is 30.0 Å². The SMILES string of the molecule is COc1cccc(-c2cc(CN)[nH]n2)c1OC. The van der Waals surface area contributed by atoms with E-state index in [2.05, 4.69) is 10.2 Å². The Morgan fingerprint density at radius 2 is 2.12 bits per heavy atom. The Kier molecular flexibility index (Phi) is 3.30. The van der Waals surface area contributed by atoms with Crippen molar-refractivity contribution < 1.29 is 9.47 Å². The summed E-state index contributed by atoms with van der Waals surface area (Å²) in [5.74, 6) is 1.35. The van der Waals surface area contributed by atoms with Gasteiger partial charge in [0.25, 0.3) is 0 Å². The van der Waals surface area contributed by atoms with E-state index in [0.717, 1.165) is 17.0 Å². The number of hydrogen-bond donors (Lipinski definition) is 2. The first-order valence-electron chi connectivity index (χ1n) is 5.26. The van der Waals surface area contributed by atoms with Gasteiger partial charge < -0.3 is 15.2 Å². The monoisotopic (exact) mass is 233 g/mol. The van der Waals surface area contributed by atoms with E-state index in [9.17, 15) is 0 Å². The standard InChI is InChI=1S/C12H15N3O2/c1-16-11-5-3-4-9(12(11)17-2)10-6-8(7-13)14-15-10/h3-6H,7,13H2,1-2H3,(H,14,15). The summed E-state index contributed by atoms with van der Waals surface area (Å²) < 4.78 is 10.6. The molecule has 0 spiro atoms. The molecule has 0 amide bonds. The number of para-hydroxylation sites is 1. The van der Waals surface area contributed by atoms with Gasteiger partial charge >= 0.3 is 0 Å². The number of nitrogens with one attached hydrogen (secondary N) is 1. The maximum absolute atomic E-state index is 5.54. The summed E-state index contributed by atoms with van der Waals surface area (Å²) in [6.45, 7) is 0.430. The van der Waals surface area contributed by atoms with E-state index in [1.807, 2.05) is 24.3 Å². The molecule has 1 aromatic carbocycles. The van der Waals surface area contributed by atoms with Crippen molar-refractivity contribution >= 4 is 0 Å². The quantitative estimate of drug-likeness (QED) is 0.840. The molecule has 0 fully saturated rings. The molecule has 5 nitrogen and oxygen atoms in total. The van der Waals surface area contributed by atoms with Crippen LogP contribution >= 0.6 is 0 Å². The number of aromatic amines is 1. The number of rotatable bonds is 4. The molecule has 2 rings (SSSR count). The van der Waals surface area contributed by atoms with E-state index in [1.165, 1.54) is 0 Å². The lowest BCUT2D eigenvalue weighted by atomic mass is 10.1. The Hall–Kier alpha value is -2.01. The third-order valence-electron chi connectivity index (χ3n) is 2.53. The molecular weight excluding hydrogens is 218 g/mol. The van der Waals surface area contributed by atoms with Crippen LogP contribution in [0.1, 0.15) is 5.69 Å². The third kappa shape index (κ3) is 2.09. The zero-order chi connectivity index (χ0) is 12.3. The van der Waals surface area contributed by atoms with Crippen LogP contribution in [0.25, 0.3) is 11.3 Å². The molecule has 0 unspecified atom stereocenters. The lowest BCUT2D eigenvalue weighted by Gasteiger charge is -2.10. The van der Waals surface area contributed by atoms with Crippen molar-refractivity contribution in [2.45, 2.75) is 6.54 Å². The highest BCUT2D eigenvalue weighted by atomic mass is 16.5. The largest absolute Gasteiger partial charge is 0.493 e. The first kappa shape index (κ1) is 11.5. The number of hydrogen-bond acceptors (Lipinski definition) is 4. The van der Waals surface area contributed by atoms with Gasteiger partial charge in [0.05, 0.1) is 19.9 Å². The number of H-pyrrole nitrogens is 1. The fourth-order valence-electron chi connectivity index (χ4n) is 1.69. The third-order valence-corrected chi connectivity index (χ3v) is 2.53. The Morgan fingerprint density at radius 3 is 2.71 bits per heavy atom. The summed E-state index contributed by atoms with van der Waals surface area (Å²) in [4.78, 5) is 0. The van der Waals surface area contributed by atoms with Crippen molar-refractivity contribution in [2.75, 3.05) is 14.2 Å². The predicted octanol–water partition coefficient (Wildman–Crippen LogP) is 1.55. The topological polar surface area (TPSA) is 73.2 Å². The molecule has 1 heterocycles. The molecule has 0 aliphatic rings. The van der Waals surface area contributed by atoms with Crippen molar-refractivity contribution in [1.29, 1.82) is 0 Å². The van der Waals surface area contributed by atoms with Crippen LogP contribution in [0, 0.1) is 0 Å². The highest BCUT2D eigenvalue weighted by Gasteiger charge is 2.13. The van der Waals surface area contributed by atoms with Crippen LogP contribution in [0.4, 0.5) is 0 Å². The number of aromatic nitrogens is 2. The van der Waals surface area contributed by atoms with Gasteiger partial charge in [-0.3, -0.25) is 5.10 Å². The van der Waals surface area contributed by atoms with E-state index >= 15 is 0 Å². The Balaban J connectivity index is 2.50. The van der Waals surface area contributed by atoms with Gasteiger partial charge in [-0.1, -0.05) is 6.07 Å². The number of nitrogens with two attached hydrogens (primary N) is 1. The van der Waals surface area contributed by atoms with E-state index in [1.54, 1.807) is 14.2 Å². The average molecular weight is 233 g/mol. The van der Waals surface area contributed by atoms with Crippen LogP contribution in [0.15, 0.2) is 24.3 Å². The number of benzene rings is 1. The van der Waals surface area contributed by atoms with Crippen molar-refractivity contribution in [2.24, 2.45) is 5.73 Å². The second kappa shape index (κ2) is 4.88. The minimum atomic E-state index is 0.430. The minimum absolute atomic E-state index is 0.430. The number of methoxy groups -OCH3 is 2. The molecule has 0 radical (unpaired) electrons. The molecule has 0 saturated carbocycles. The lowest BCUT2D eigenvalue weighted by Crippen LogP contribution is -1.95. The molecule has 0 aliphatic carbocycles. The molecule has 2 aromatic rings. The van der Waals surface area contributed by atoms with Crippen molar-refractivity contribution in [3.8, 4) is 22.8 Å². The van der Waals surface area contributed by atoms with Gasteiger partial charge in [0.2, 0.25) is 0 Å². The molecular formula is C12H15N3O2. The Bertz CT molecular complexity index is 508. The van der Waals surface area contributed by atoms with E-state index in [4.69, 9.17) is 15.2 Å². The van der Waals surface area contributed by atoms with Crippen LogP contribution in [-0.4, -0.2) is 24.4 Å². The summed E-state index contributed by atoms with van der Waals surface area (Å²) in [6.07, 6.45) is 0. The van der Waals surface area contributed by atoms with E-state index in [0.29, 0.717) is 18.0 Å². The van der Waals surface area contributed by atoms with Gasteiger partial charge in [-0.05, 0) is 18.2 Å². The predicted molar refractivity (Wildman–Crippen MR) is 65.0 cm³/mol. The zero-order valence-electron chi connectivity index (χ0n) is 9.86. The van der Waals surface area contributed by atoms with Gasteiger partial charge in [-0.15, -0.1) is 0 Å². The smallest absolute Gasteiger partial charge is 0.170 e. The molecule has 90 valence electrons. The first-order valence-corrected chi connectivity index (χ1v) is 5.26. The molecule has 0 aliphatic heterocycles. The van der Waals surface area contributed by atoms with Gasteiger partial charge in [0.15, 0.2) is 11.5 Å². The van der Waals surface area contributed by atoms with Crippen LogP contribution in [-0.2, 0) is 6.54 Å². The van der Waals surface area contributed by atoms with Crippen molar-refractivity contribution in [1.82, 2.24) is 10.2 Å². The Morgan fingerprint density at radius 1 is 1.29 bits per heavy atom. The summed E-state index contributed by atoms with van der Waals surface area (Å²) in [5, 5.41) is 7.07. The zero-order valence-corrected chi connectivity index (χ0v) is 9.86. The molecule has 0 saturated heterocycles. The molecule has 1 aromatic heterocycles. The fraction of sp³-hybridized carbons (Fsp3) is 0.250. The summed E-state index contributed by atoms with van der Waals surface area (Å²) in [6, 6.07) is 7.57. The van der Waals surface area contributed by atoms with Gasteiger partial charge in [-0.25, -0.2) is 0 Å². The van der Waals surface area contributed by atoms with Crippen LogP contribution in [0.5, 0.6) is 11.5 Å². The minimum Gasteiger partial charge on any atom is -0.493 e. The molecule has 17 heavy (non-hydrogen) atoms. The van der Waals surface area contributed by atoms with Crippen molar-refractivity contribution in [3.63, 3.8) is 0 Å². The highest BCUT2D eigenvalue weighted by Crippen LogP contribution is 2.36. The second-order valence-corrected chi connectivity index (χ2v) is 3.52. The van der Waals surface area contributed by atoms with Crippen LogP contribution in [0.2, 0.25) is 0 Å². The highest BCUT2D eigenvalue weighted by molar-refractivity contribution is 5.71. The van der Waals surface area contributed by atoms with Gasteiger partial charge in [0.1, 0.15) is 0 Å².